The van der Waals surface area contributed by atoms with Gasteiger partial charge in [-0.05, 0) is 6.42 Å². The highest BCUT2D eigenvalue weighted by atomic mass is 32.2. The number of carboxylic acids is 1. The number of esters is 1. The summed E-state index contributed by atoms with van der Waals surface area (Å²) in [6.45, 7) is 2.28. The topological polar surface area (TPSA) is 197 Å². The van der Waals surface area contributed by atoms with Gasteiger partial charge in [-0.2, -0.15) is 0 Å². The Morgan fingerprint density at radius 3 is 1.69 bits per heavy atom. The lowest BCUT2D eigenvalue weighted by molar-refractivity contribution is -0.305. The maximum atomic E-state index is 11.3. The lowest BCUT2D eigenvalue weighted by atomic mass is 10.1. The van der Waals surface area contributed by atoms with E-state index in [0.717, 1.165) is 19.3 Å². The third-order valence-electron chi connectivity index (χ3n) is 3.72. The lowest BCUT2D eigenvalue weighted by Crippen LogP contribution is -2.42. The summed E-state index contributed by atoms with van der Waals surface area (Å²) in [5.74, 6) is -3.10. The monoisotopic (exact) mass is 400 g/mol. The molecule has 158 valence electrons. The molecule has 0 fully saturated rings. The fourth-order valence-electron chi connectivity index (χ4n) is 2.29. The molecule has 26 heavy (non-hydrogen) atoms. The molecule has 0 aromatic rings. The molecule has 0 rings (SSSR count). The summed E-state index contributed by atoms with van der Waals surface area (Å²) in [6, 6.07) is 0. The van der Waals surface area contributed by atoms with E-state index in [4.69, 9.17) is 4.74 Å². The minimum absolute atomic E-state index is 0. The van der Waals surface area contributed by atoms with Crippen LogP contribution in [0, 0.1) is 0 Å². The summed E-state index contributed by atoms with van der Waals surface area (Å²) >= 11 is 0. The van der Waals surface area contributed by atoms with Crippen molar-refractivity contribution in [1.29, 1.82) is 0 Å². The number of carboxylic acid groups (broad SMARTS) is 1. The van der Waals surface area contributed by atoms with Crippen molar-refractivity contribution in [3.63, 3.8) is 0 Å². The number of quaternary nitrogens is 2. The fourth-order valence-corrected chi connectivity index (χ4v) is 2.86. The SMILES string of the molecule is CCCCCCCCCCCCOC(=O)CC(C(=O)[O-])S(=O)(=O)[O-].[NH4+].[NH4+]. The molecule has 0 saturated heterocycles. The van der Waals surface area contributed by atoms with E-state index in [0.29, 0.717) is 6.42 Å². The van der Waals surface area contributed by atoms with Gasteiger partial charge in [-0.3, -0.25) is 4.79 Å². The molecule has 0 aliphatic rings. The van der Waals surface area contributed by atoms with Crippen molar-refractivity contribution in [3.8, 4) is 0 Å². The van der Waals surface area contributed by atoms with Gasteiger partial charge in [0.1, 0.15) is 10.1 Å². The highest BCUT2D eigenvalue weighted by molar-refractivity contribution is 7.87. The van der Waals surface area contributed by atoms with E-state index in [-0.39, 0.29) is 18.9 Å². The van der Waals surface area contributed by atoms with E-state index >= 15 is 0 Å². The molecule has 1 atom stereocenters. The number of hydrogen-bond donors (Lipinski definition) is 2. The van der Waals surface area contributed by atoms with Gasteiger partial charge in [0.15, 0.2) is 0 Å². The number of ether oxygens (including phenoxy) is 1. The Balaban J connectivity index is -0.00000264. The molecule has 0 bridgehead atoms. The van der Waals surface area contributed by atoms with Crippen LogP contribution in [0.5, 0.6) is 0 Å². The van der Waals surface area contributed by atoms with Crippen LogP contribution in [0.1, 0.15) is 77.6 Å². The summed E-state index contributed by atoms with van der Waals surface area (Å²) in [4.78, 5) is 21.9. The zero-order valence-electron chi connectivity index (χ0n) is 16.3. The maximum Gasteiger partial charge on any atom is 0.307 e. The van der Waals surface area contributed by atoms with E-state index in [1.54, 1.807) is 0 Å². The Labute approximate surface area is 156 Å². The minimum Gasteiger partial charge on any atom is -0.747 e. The number of rotatable bonds is 15. The van der Waals surface area contributed by atoms with Crippen molar-refractivity contribution >= 4 is 22.1 Å². The molecule has 0 radical (unpaired) electrons. The van der Waals surface area contributed by atoms with Crippen molar-refractivity contribution in [3.05, 3.63) is 0 Å². The number of hydrogen-bond acceptors (Lipinski definition) is 7. The first-order valence-corrected chi connectivity index (χ1v) is 10.1. The Morgan fingerprint density at radius 2 is 1.31 bits per heavy atom. The van der Waals surface area contributed by atoms with Gasteiger partial charge in [0.2, 0.25) is 0 Å². The van der Waals surface area contributed by atoms with Gasteiger partial charge in [-0.15, -0.1) is 0 Å². The summed E-state index contributed by atoms with van der Waals surface area (Å²) in [7, 11) is -5.13. The molecule has 10 heteroatoms. The van der Waals surface area contributed by atoms with Crippen molar-refractivity contribution < 1.29 is 32.4 Å². The van der Waals surface area contributed by atoms with Gasteiger partial charge in [0.25, 0.3) is 0 Å². The molecule has 0 aromatic carbocycles. The quantitative estimate of drug-likeness (QED) is 0.238. The first-order valence-electron chi connectivity index (χ1n) is 8.60. The van der Waals surface area contributed by atoms with E-state index < -0.39 is 33.7 Å². The van der Waals surface area contributed by atoms with Crippen molar-refractivity contribution in [2.75, 3.05) is 6.61 Å². The summed E-state index contributed by atoms with van der Waals surface area (Å²) in [6.07, 6.45) is 10.2. The lowest BCUT2D eigenvalue weighted by Gasteiger charge is -2.20. The number of unbranched alkanes of at least 4 members (excludes halogenated alkanes) is 9. The van der Waals surface area contributed by atoms with Gasteiger partial charge < -0.3 is 31.5 Å². The van der Waals surface area contributed by atoms with Crippen LogP contribution in [0.15, 0.2) is 0 Å². The third kappa shape index (κ3) is 16.2. The average molecular weight is 401 g/mol. The smallest absolute Gasteiger partial charge is 0.307 e. The summed E-state index contributed by atoms with van der Waals surface area (Å²) in [5.41, 5.74) is 0. The molecule has 0 aromatic heterocycles. The van der Waals surface area contributed by atoms with Crippen LogP contribution in [0.4, 0.5) is 0 Å². The van der Waals surface area contributed by atoms with Crippen LogP contribution in [0.25, 0.3) is 0 Å². The van der Waals surface area contributed by atoms with Crippen LogP contribution < -0.4 is 17.4 Å². The molecule has 1 unspecified atom stereocenters. The van der Waals surface area contributed by atoms with Crippen molar-refractivity contribution in [2.45, 2.75) is 82.8 Å². The molecule has 0 spiro atoms. The van der Waals surface area contributed by atoms with Crippen LogP contribution in [0.3, 0.4) is 0 Å². The van der Waals surface area contributed by atoms with Crippen molar-refractivity contribution in [1.82, 2.24) is 12.3 Å². The Kier molecular flexibility index (Phi) is 19.5. The van der Waals surface area contributed by atoms with Gasteiger partial charge in [0.05, 0.1) is 24.2 Å². The van der Waals surface area contributed by atoms with Crippen LogP contribution in [-0.2, 0) is 24.4 Å². The average Bonchev–Trinajstić information content (AvgIpc) is 2.48. The predicted molar refractivity (Wildman–Crippen MR) is 97.9 cm³/mol. The molecule has 9 nitrogen and oxygen atoms in total. The standard InChI is InChI=1S/C16H30O7S.2H3N/c1-2-3-4-5-6-7-8-9-10-11-12-23-15(17)13-14(16(18)19)24(20,21)22;;/h14H,2-13H2,1H3,(H,18,19)(H,20,21,22);2*1H3. The van der Waals surface area contributed by atoms with Gasteiger partial charge in [0, 0.05) is 0 Å². The van der Waals surface area contributed by atoms with Crippen LogP contribution in [-0.4, -0.2) is 36.8 Å². The second-order valence-electron chi connectivity index (χ2n) is 5.91. The van der Waals surface area contributed by atoms with Gasteiger partial charge in [-0.1, -0.05) is 64.7 Å². The van der Waals surface area contributed by atoms with Crippen molar-refractivity contribution in [2.24, 2.45) is 0 Å². The highest BCUT2D eigenvalue weighted by Crippen LogP contribution is 2.11. The molecule has 0 amide bonds. The number of carbonyl (C=O) groups is 2. The van der Waals surface area contributed by atoms with E-state index in [9.17, 15) is 27.7 Å². The second kappa shape index (κ2) is 17.2. The zero-order chi connectivity index (χ0) is 18.4. The maximum absolute atomic E-state index is 11.3. The molecule has 0 aliphatic heterocycles. The number of carbonyl (C=O) groups excluding carboxylic acids is 2. The Bertz CT molecular complexity index is 469. The predicted octanol–water partition coefficient (Wildman–Crippen LogP) is 2.26. The first-order chi connectivity index (χ1) is 11.3. The highest BCUT2D eigenvalue weighted by Gasteiger charge is 2.22. The van der Waals surface area contributed by atoms with E-state index in [1.807, 2.05) is 0 Å². The Morgan fingerprint density at radius 1 is 0.885 bits per heavy atom. The van der Waals surface area contributed by atoms with E-state index in [1.165, 1.54) is 38.5 Å². The molecule has 0 aliphatic carbocycles. The van der Waals surface area contributed by atoms with Gasteiger partial charge >= 0.3 is 5.97 Å². The van der Waals surface area contributed by atoms with E-state index in [2.05, 4.69) is 6.92 Å². The zero-order valence-corrected chi connectivity index (χ0v) is 17.1. The summed E-state index contributed by atoms with van der Waals surface area (Å²) in [5, 5.41) is 8.15. The molecular formula is C16H36N2O7S. The Hall–Kier alpha value is -1.23. The number of aliphatic carboxylic acids is 1. The van der Waals surface area contributed by atoms with Gasteiger partial charge in [-0.25, -0.2) is 8.42 Å². The minimum atomic E-state index is -5.13. The normalized spacial score (nSPS) is 11.8. The molecule has 8 N–H and O–H groups in total. The molecule has 0 saturated carbocycles. The first kappa shape index (κ1) is 29.5. The molecular weight excluding hydrogens is 364 g/mol. The fraction of sp³-hybridized carbons (Fsp3) is 0.875. The second-order valence-corrected chi connectivity index (χ2v) is 7.46. The van der Waals surface area contributed by atoms with Crippen LogP contribution in [0.2, 0.25) is 0 Å². The molecule has 0 heterocycles. The summed E-state index contributed by atoms with van der Waals surface area (Å²) < 4.78 is 36.8. The third-order valence-corrected chi connectivity index (χ3v) is 4.78. The van der Waals surface area contributed by atoms with Crippen LogP contribution >= 0.6 is 0 Å². The largest absolute Gasteiger partial charge is 0.747 e.